The highest BCUT2D eigenvalue weighted by Crippen LogP contribution is 2.49. The standard InChI is InChI=1S/C56H56ClN5O7/c1-32-42(43-30-38(68-2)18-20-47(43)62(32)55(65)33-13-16-37(57)17-14-33)31-48(63)58-21-3-4-22-59-54(64)36-15-19-39(56(66)67)44(29-36)49-45-27-34-9-5-23-60-25-7-11-40(50(34)60)52(45)69-53-41-12-8-26-61-24-6-10-35(51(41)61)28-46(49)53/h13-20,27-30,56,66-67H,3-12,21-26,31H2,1-2H3,(H-,58,59,63,64)/p+1. The van der Waals surface area contributed by atoms with Crippen LogP contribution < -0.4 is 40.2 Å². The summed E-state index contributed by atoms with van der Waals surface area (Å²) >= 11 is 6.10. The summed E-state index contributed by atoms with van der Waals surface area (Å²) in [6.45, 7) is 6.76. The Bertz CT molecular complexity index is 3240. The Hall–Kier alpha value is -6.47. The van der Waals surface area contributed by atoms with Crippen molar-refractivity contribution >= 4 is 51.5 Å². The van der Waals surface area contributed by atoms with E-state index in [4.69, 9.17) is 21.1 Å². The third kappa shape index (κ3) is 8.06. The Kier molecular flexibility index (Phi) is 12.0. The summed E-state index contributed by atoms with van der Waals surface area (Å²) in [5, 5.41) is 31.6. The molecule has 13 heteroatoms. The van der Waals surface area contributed by atoms with Gasteiger partial charge in [0.25, 0.3) is 11.8 Å². The zero-order valence-corrected chi connectivity index (χ0v) is 39.9. The molecule has 0 fully saturated rings. The van der Waals surface area contributed by atoms with Gasteiger partial charge in [-0.3, -0.25) is 19.0 Å². The minimum atomic E-state index is -1.77. The number of aliphatic hydroxyl groups is 2. The van der Waals surface area contributed by atoms with E-state index in [0.717, 1.165) is 116 Å². The maximum atomic E-state index is 14.0. The van der Waals surface area contributed by atoms with Gasteiger partial charge in [0.2, 0.25) is 11.3 Å². The highest BCUT2D eigenvalue weighted by molar-refractivity contribution is 6.30. The molecule has 5 aliphatic heterocycles. The monoisotopic (exact) mass is 946 g/mol. The van der Waals surface area contributed by atoms with Gasteiger partial charge < -0.3 is 35.2 Å². The third-order valence-corrected chi connectivity index (χ3v) is 15.2. The van der Waals surface area contributed by atoms with Crippen molar-refractivity contribution in [1.82, 2.24) is 19.8 Å². The second-order valence-electron chi connectivity index (χ2n) is 19.1. The lowest BCUT2D eigenvalue weighted by Crippen LogP contribution is -2.45. The first-order valence-electron chi connectivity index (χ1n) is 24.5. The number of amides is 2. The molecule has 4 N–H and O–H groups in total. The van der Waals surface area contributed by atoms with Crippen molar-refractivity contribution in [3.05, 3.63) is 150 Å². The molecular weight excluding hydrogens is 890 g/mol. The molecule has 69 heavy (non-hydrogen) atoms. The number of rotatable bonds is 12. The number of aliphatic hydroxyl groups excluding tert-OH is 1. The lowest BCUT2D eigenvalue weighted by molar-refractivity contribution is -0.120. The number of methoxy groups -OCH3 is 1. The maximum Gasteiger partial charge on any atom is 0.262 e. The Balaban J connectivity index is 0.831. The quantitative estimate of drug-likeness (QED) is 0.0611. The number of aryl methyl sites for hydroxylation is 2. The number of nitrogens with one attached hydrogen (secondary N) is 2. The van der Waals surface area contributed by atoms with Crippen molar-refractivity contribution in [3.63, 3.8) is 0 Å². The van der Waals surface area contributed by atoms with Crippen LogP contribution in [0.2, 0.25) is 5.02 Å². The van der Waals surface area contributed by atoms with Crippen molar-refractivity contribution in [2.75, 3.05) is 51.3 Å². The number of hydrogen-bond donors (Lipinski definition) is 4. The summed E-state index contributed by atoms with van der Waals surface area (Å²) in [6.07, 6.45) is 7.52. The number of anilines is 1. The molecule has 0 aliphatic carbocycles. The Morgan fingerprint density at radius 1 is 0.797 bits per heavy atom. The molecule has 11 rings (SSSR count). The van der Waals surface area contributed by atoms with Crippen LogP contribution in [0.15, 0.2) is 72.8 Å². The van der Waals surface area contributed by atoms with Crippen LogP contribution >= 0.6 is 11.6 Å². The lowest BCUT2D eigenvalue weighted by atomic mass is 9.81. The molecule has 0 saturated heterocycles. The van der Waals surface area contributed by atoms with Crippen molar-refractivity contribution in [2.24, 2.45) is 0 Å². The third-order valence-electron chi connectivity index (χ3n) is 14.9. The van der Waals surface area contributed by atoms with Gasteiger partial charge in [-0.1, -0.05) is 17.7 Å². The SMILES string of the molecule is COc1ccc2c(c1)c(CC(=O)NCCCCNC(=O)c1ccc(C(O)O)c(C3=c4cc5c6c(c4Oc4c3cc3c7c4CCCN7CCC3)CCC[N+]=6CCC5)c1)c(C)n2C(=O)c1ccc(Cl)cc1. The molecule has 0 radical (unpaired) electrons. The minimum Gasteiger partial charge on any atom is -0.497 e. The van der Waals surface area contributed by atoms with Crippen LogP contribution in [0.1, 0.15) is 116 Å². The summed E-state index contributed by atoms with van der Waals surface area (Å²) in [4.78, 5) is 43.7. The molecule has 0 spiro atoms. The van der Waals surface area contributed by atoms with Gasteiger partial charge in [-0.15, -0.1) is 0 Å². The molecular formula is C56H57ClN5O7+. The average molecular weight is 948 g/mol. The van der Waals surface area contributed by atoms with Gasteiger partial charge in [-0.05, 0) is 142 Å². The highest BCUT2D eigenvalue weighted by atomic mass is 35.5. The number of carbonyl (C=O) groups excluding carboxylic acids is 3. The number of halogens is 1. The van der Waals surface area contributed by atoms with E-state index in [1.165, 1.54) is 33.3 Å². The lowest BCUT2D eigenvalue weighted by Gasteiger charge is -2.39. The van der Waals surface area contributed by atoms with E-state index in [2.05, 4.69) is 32.2 Å². The van der Waals surface area contributed by atoms with Crippen LogP contribution in [-0.2, 0) is 36.9 Å². The van der Waals surface area contributed by atoms with Crippen molar-refractivity contribution < 1.29 is 34.1 Å². The molecule has 5 aromatic carbocycles. The summed E-state index contributed by atoms with van der Waals surface area (Å²) in [6, 6.07) is 21.9. The molecule has 1 aromatic heterocycles. The first kappa shape index (κ1) is 45.0. The zero-order chi connectivity index (χ0) is 47.5. The van der Waals surface area contributed by atoms with Gasteiger partial charge in [0.1, 0.15) is 30.3 Å². The van der Waals surface area contributed by atoms with Gasteiger partial charge in [0.05, 0.1) is 24.6 Å². The van der Waals surface area contributed by atoms with E-state index >= 15 is 0 Å². The normalized spacial score (nSPS) is 15.5. The van der Waals surface area contributed by atoms with Crippen molar-refractivity contribution in [1.29, 1.82) is 0 Å². The van der Waals surface area contributed by atoms with Gasteiger partial charge in [-0.2, -0.15) is 0 Å². The smallest absolute Gasteiger partial charge is 0.262 e. The first-order chi connectivity index (χ1) is 33.6. The number of unbranched alkanes of at least 4 members (excludes halogenated alkanes) is 1. The Morgan fingerprint density at radius 3 is 2.30 bits per heavy atom. The second kappa shape index (κ2) is 18.5. The fourth-order valence-electron chi connectivity index (χ4n) is 11.7. The summed E-state index contributed by atoms with van der Waals surface area (Å²) < 4.78 is 16.9. The van der Waals surface area contributed by atoms with Crippen LogP contribution in [0, 0.1) is 6.92 Å². The van der Waals surface area contributed by atoms with E-state index in [0.29, 0.717) is 70.2 Å². The fourth-order valence-corrected chi connectivity index (χ4v) is 11.9. The number of ether oxygens (including phenoxy) is 2. The molecule has 0 atom stereocenters. The van der Waals surface area contributed by atoms with Gasteiger partial charge in [-0.25, -0.2) is 4.58 Å². The molecule has 354 valence electrons. The van der Waals surface area contributed by atoms with E-state index in [9.17, 15) is 24.6 Å². The topological polar surface area (TPSA) is 145 Å². The molecule has 5 aliphatic rings. The molecule has 6 heterocycles. The van der Waals surface area contributed by atoms with Crippen LogP contribution in [-0.4, -0.2) is 78.9 Å². The molecule has 12 nitrogen and oxygen atoms in total. The fraction of sp³-hybridized carbons (Fsp3) is 0.357. The Morgan fingerprint density at radius 2 is 1.52 bits per heavy atom. The highest BCUT2D eigenvalue weighted by Gasteiger charge is 2.37. The summed E-state index contributed by atoms with van der Waals surface area (Å²) in [5.41, 5.74) is 12.1. The Labute approximate surface area is 405 Å². The number of fused-ring (bicyclic) bond motifs is 5. The van der Waals surface area contributed by atoms with Crippen molar-refractivity contribution in [2.45, 2.75) is 83.8 Å². The predicted octanol–water partition coefficient (Wildman–Crippen LogP) is 6.59. The van der Waals surface area contributed by atoms with Gasteiger partial charge >= 0.3 is 0 Å². The number of benzene rings is 5. The van der Waals surface area contributed by atoms with Crippen molar-refractivity contribution in [3.8, 4) is 17.2 Å². The second-order valence-corrected chi connectivity index (χ2v) is 19.5. The molecule has 0 saturated carbocycles. The zero-order valence-electron chi connectivity index (χ0n) is 39.2. The van der Waals surface area contributed by atoms with Crippen LogP contribution in [0.3, 0.4) is 0 Å². The predicted molar refractivity (Wildman–Crippen MR) is 267 cm³/mol. The summed E-state index contributed by atoms with van der Waals surface area (Å²) in [7, 11) is 1.58. The van der Waals surface area contributed by atoms with Crippen LogP contribution in [0.4, 0.5) is 5.69 Å². The first-order valence-corrected chi connectivity index (χ1v) is 24.9. The summed E-state index contributed by atoms with van der Waals surface area (Å²) in [5.74, 6) is 1.67. The van der Waals surface area contributed by atoms with Gasteiger partial charge in [0, 0.05) is 105 Å². The number of carbonyl (C=O) groups is 3. The molecule has 0 unspecified atom stereocenters. The van der Waals surface area contributed by atoms with E-state index in [1.54, 1.807) is 54.1 Å². The number of aromatic nitrogens is 1. The number of hydrogen-bond acceptors (Lipinski definition) is 8. The molecule has 6 aromatic rings. The molecule has 0 bridgehead atoms. The average Bonchev–Trinajstić information content (AvgIpc) is 3.63. The van der Waals surface area contributed by atoms with E-state index < -0.39 is 6.29 Å². The number of nitrogens with zero attached hydrogens (tertiary/aromatic N) is 3. The van der Waals surface area contributed by atoms with Crippen LogP contribution in [0.5, 0.6) is 17.2 Å². The largest absolute Gasteiger partial charge is 0.497 e. The van der Waals surface area contributed by atoms with E-state index in [1.807, 2.05) is 25.1 Å². The minimum absolute atomic E-state index is 0.0680. The van der Waals surface area contributed by atoms with E-state index in [-0.39, 0.29) is 24.1 Å². The van der Waals surface area contributed by atoms with Crippen LogP contribution in [0.25, 0.3) is 16.5 Å². The maximum absolute atomic E-state index is 14.0. The van der Waals surface area contributed by atoms with Gasteiger partial charge in [0.15, 0.2) is 6.29 Å². The molecule has 2 amide bonds.